The topological polar surface area (TPSA) is 0 Å². The molecule has 0 fully saturated rings. The molecule has 0 aliphatic carbocycles. The van der Waals surface area contributed by atoms with Crippen molar-refractivity contribution >= 4 is 0 Å². The minimum absolute atomic E-state index is 0.953. The van der Waals surface area contributed by atoms with Gasteiger partial charge in [0.15, 0.2) is 0 Å². The smallest absolute Gasteiger partial charge is 0.00906 e. The molecule has 0 unspecified atom stereocenters. The molecule has 0 amide bonds. The summed E-state index contributed by atoms with van der Waals surface area (Å²) in [6, 6.07) is 0. The van der Waals surface area contributed by atoms with Crippen LogP contribution in [0, 0.1) is 0 Å². The summed E-state index contributed by atoms with van der Waals surface area (Å²) >= 11 is 0. The van der Waals surface area contributed by atoms with Gasteiger partial charge in [-0.25, -0.2) is 0 Å². The van der Waals surface area contributed by atoms with E-state index in [1.54, 1.807) is 0 Å². The van der Waals surface area contributed by atoms with Gasteiger partial charge in [-0.2, -0.15) is 0 Å². The Morgan fingerprint density at radius 2 is 1.13 bits per heavy atom. The van der Waals surface area contributed by atoms with Crippen molar-refractivity contribution in [2.75, 3.05) is 0 Å². The lowest BCUT2D eigenvalue weighted by atomic mass is 10.0. The Kier molecular flexibility index (Phi) is 13.2. The first-order valence-corrected chi connectivity index (χ1v) is 8.90. The van der Waals surface area contributed by atoms with Crippen LogP contribution in [0.3, 0.4) is 0 Å². The molecule has 0 atom stereocenters. The van der Waals surface area contributed by atoms with Gasteiger partial charge in [0.25, 0.3) is 0 Å². The van der Waals surface area contributed by atoms with Gasteiger partial charge in [0.2, 0.25) is 0 Å². The SMILES string of the molecule is C=C=CCC=C(C)CCC=C(C)CCC=C(C)CCC=C(C)C. The van der Waals surface area contributed by atoms with E-state index in [1.807, 2.05) is 6.08 Å². The van der Waals surface area contributed by atoms with E-state index >= 15 is 0 Å². The number of hydrogen-bond acceptors (Lipinski definition) is 0. The molecule has 0 N–H and O–H groups in total. The van der Waals surface area contributed by atoms with Gasteiger partial charge < -0.3 is 0 Å². The van der Waals surface area contributed by atoms with Gasteiger partial charge in [-0.15, -0.1) is 5.73 Å². The standard InChI is InChI=1S/C23H36/c1-7-8-9-14-21(4)16-11-18-23(6)19-12-17-22(5)15-10-13-20(2)3/h8,13-14,17-18H,1,9-12,15-16,19H2,2-6H3. The van der Waals surface area contributed by atoms with Gasteiger partial charge in [0, 0.05) is 0 Å². The molecule has 0 rings (SSSR count). The van der Waals surface area contributed by atoms with Crippen molar-refractivity contribution in [2.24, 2.45) is 0 Å². The maximum atomic E-state index is 3.58. The van der Waals surface area contributed by atoms with Crippen LogP contribution in [0.4, 0.5) is 0 Å². The van der Waals surface area contributed by atoms with Crippen molar-refractivity contribution in [2.45, 2.75) is 79.6 Å². The summed E-state index contributed by atoms with van der Waals surface area (Å²) in [5.41, 5.74) is 8.71. The van der Waals surface area contributed by atoms with E-state index in [2.05, 4.69) is 71.2 Å². The van der Waals surface area contributed by atoms with Crippen molar-refractivity contribution in [3.8, 4) is 0 Å². The molecule has 0 saturated heterocycles. The molecule has 0 aliphatic heterocycles. The molecular formula is C23H36. The first kappa shape index (κ1) is 21.5. The minimum atomic E-state index is 0.953. The lowest BCUT2D eigenvalue weighted by Gasteiger charge is -2.02. The van der Waals surface area contributed by atoms with Crippen LogP contribution in [0.2, 0.25) is 0 Å². The van der Waals surface area contributed by atoms with E-state index in [-0.39, 0.29) is 0 Å². The molecule has 0 aromatic heterocycles. The molecule has 0 nitrogen and oxygen atoms in total. The third-order valence-electron chi connectivity index (χ3n) is 3.88. The fraction of sp³-hybridized carbons (Fsp3) is 0.522. The van der Waals surface area contributed by atoms with Crippen LogP contribution >= 0.6 is 0 Å². The molecule has 23 heavy (non-hydrogen) atoms. The predicted octanol–water partition coefficient (Wildman–Crippen LogP) is 7.86. The highest BCUT2D eigenvalue weighted by Crippen LogP contribution is 2.13. The van der Waals surface area contributed by atoms with E-state index in [4.69, 9.17) is 0 Å². The number of rotatable bonds is 11. The van der Waals surface area contributed by atoms with Crippen LogP contribution in [-0.2, 0) is 0 Å². The van der Waals surface area contributed by atoms with Crippen molar-refractivity contribution in [1.82, 2.24) is 0 Å². The van der Waals surface area contributed by atoms with Crippen LogP contribution in [0.5, 0.6) is 0 Å². The van der Waals surface area contributed by atoms with Gasteiger partial charge in [0.1, 0.15) is 0 Å². The molecule has 0 aromatic rings. The molecule has 0 heteroatoms. The molecule has 0 heterocycles. The molecular weight excluding hydrogens is 276 g/mol. The average Bonchev–Trinajstić information content (AvgIpc) is 2.47. The van der Waals surface area contributed by atoms with Gasteiger partial charge in [-0.1, -0.05) is 53.2 Å². The largest absolute Gasteiger partial charge is 0.133 e. The van der Waals surface area contributed by atoms with Crippen molar-refractivity contribution in [3.05, 3.63) is 65.0 Å². The van der Waals surface area contributed by atoms with Crippen LogP contribution < -0.4 is 0 Å². The summed E-state index contributed by atoms with van der Waals surface area (Å²) in [5, 5.41) is 0. The van der Waals surface area contributed by atoms with Crippen LogP contribution in [0.25, 0.3) is 0 Å². The third kappa shape index (κ3) is 15.2. The van der Waals surface area contributed by atoms with Crippen molar-refractivity contribution in [1.29, 1.82) is 0 Å². The second-order valence-corrected chi connectivity index (χ2v) is 6.69. The Morgan fingerprint density at radius 1 is 0.696 bits per heavy atom. The lowest BCUT2D eigenvalue weighted by molar-refractivity contribution is 0.898. The molecule has 128 valence electrons. The Labute approximate surface area is 145 Å². The first-order valence-electron chi connectivity index (χ1n) is 8.90. The maximum Gasteiger partial charge on any atom is -0.00906 e. The Bertz CT molecular complexity index is 484. The van der Waals surface area contributed by atoms with E-state index in [0.717, 1.165) is 19.3 Å². The highest BCUT2D eigenvalue weighted by molar-refractivity contribution is 5.07. The second kappa shape index (κ2) is 14.1. The monoisotopic (exact) mass is 312 g/mol. The summed E-state index contributed by atoms with van der Waals surface area (Å²) < 4.78 is 0. The summed E-state index contributed by atoms with van der Waals surface area (Å²) in [7, 11) is 0. The highest BCUT2D eigenvalue weighted by Gasteiger charge is 1.93. The number of allylic oxidation sites excluding steroid dienone is 9. The third-order valence-corrected chi connectivity index (χ3v) is 3.88. The predicted molar refractivity (Wildman–Crippen MR) is 107 cm³/mol. The van der Waals surface area contributed by atoms with Crippen LogP contribution in [-0.4, -0.2) is 0 Å². The van der Waals surface area contributed by atoms with Crippen molar-refractivity contribution in [3.63, 3.8) is 0 Å². The van der Waals surface area contributed by atoms with Gasteiger partial charge in [-0.3, -0.25) is 0 Å². The fourth-order valence-electron chi connectivity index (χ4n) is 2.33. The summed E-state index contributed by atoms with van der Waals surface area (Å²) in [5.74, 6) is 0. The van der Waals surface area contributed by atoms with E-state index in [0.29, 0.717) is 0 Å². The minimum Gasteiger partial charge on any atom is -0.133 e. The molecule has 0 saturated carbocycles. The highest BCUT2D eigenvalue weighted by atomic mass is 14.0. The Balaban J connectivity index is 4.00. The molecule has 0 bridgehead atoms. The van der Waals surface area contributed by atoms with E-state index < -0.39 is 0 Å². The zero-order valence-corrected chi connectivity index (χ0v) is 16.0. The zero-order chi connectivity index (χ0) is 17.5. The van der Waals surface area contributed by atoms with E-state index in [9.17, 15) is 0 Å². The van der Waals surface area contributed by atoms with Gasteiger partial charge in [0.05, 0.1) is 0 Å². The normalized spacial score (nSPS) is 12.8. The maximum absolute atomic E-state index is 3.58. The van der Waals surface area contributed by atoms with Crippen molar-refractivity contribution < 1.29 is 0 Å². The molecule has 0 spiro atoms. The average molecular weight is 313 g/mol. The number of hydrogen-bond donors (Lipinski definition) is 0. The molecule has 0 radical (unpaired) electrons. The zero-order valence-electron chi connectivity index (χ0n) is 16.0. The van der Waals surface area contributed by atoms with E-state index in [1.165, 1.54) is 48.0 Å². The Morgan fingerprint density at radius 3 is 1.57 bits per heavy atom. The lowest BCUT2D eigenvalue weighted by Crippen LogP contribution is -1.82. The Hall–Kier alpha value is -1.52. The summed E-state index contributed by atoms with van der Waals surface area (Å²) in [4.78, 5) is 0. The molecule has 0 aliphatic rings. The van der Waals surface area contributed by atoms with Gasteiger partial charge >= 0.3 is 0 Å². The molecule has 0 aromatic carbocycles. The van der Waals surface area contributed by atoms with Crippen LogP contribution in [0.1, 0.15) is 79.6 Å². The first-order chi connectivity index (χ1) is 11.0. The second-order valence-electron chi connectivity index (χ2n) is 6.69. The van der Waals surface area contributed by atoms with Crippen LogP contribution in [0.15, 0.2) is 65.0 Å². The summed E-state index contributed by atoms with van der Waals surface area (Å²) in [6.45, 7) is 14.6. The quantitative estimate of drug-likeness (QED) is 0.269. The van der Waals surface area contributed by atoms with Gasteiger partial charge in [-0.05, 0) is 85.6 Å². The fourth-order valence-corrected chi connectivity index (χ4v) is 2.33. The summed E-state index contributed by atoms with van der Waals surface area (Å²) in [6.07, 6.45) is 19.3.